The number of nitrogen functional groups attached to an aromatic ring is 1. The molecule has 0 heterocycles. The van der Waals surface area contributed by atoms with Gasteiger partial charge in [-0.2, -0.15) is 0 Å². The molecule has 6 nitrogen and oxygen atoms in total. The summed E-state index contributed by atoms with van der Waals surface area (Å²) < 4.78 is 30.8. The molecule has 0 aliphatic carbocycles. The lowest BCUT2D eigenvalue weighted by molar-refractivity contribution is -0.143. The third kappa shape index (κ3) is 6.53. The van der Waals surface area contributed by atoms with Crippen molar-refractivity contribution in [3.05, 3.63) is 29.8 Å². The molecule has 0 saturated heterocycles. The largest absolute Gasteiger partial charge is 0.466 e. The maximum absolute atomic E-state index is 11.8. The summed E-state index contributed by atoms with van der Waals surface area (Å²) in [4.78, 5) is 11.1. The predicted octanol–water partition coefficient (Wildman–Crippen LogP) is 1.03. The molecule has 0 unspecified atom stereocenters. The summed E-state index contributed by atoms with van der Waals surface area (Å²) in [6, 6.07) is 6.66. The van der Waals surface area contributed by atoms with E-state index in [1.54, 1.807) is 31.2 Å². The highest BCUT2D eigenvalue weighted by Gasteiger charge is 2.11. The van der Waals surface area contributed by atoms with Crippen LogP contribution in [-0.2, 0) is 25.3 Å². The van der Waals surface area contributed by atoms with E-state index < -0.39 is 10.0 Å². The molecule has 0 bridgehead atoms. The Labute approximate surface area is 119 Å². The number of nitrogens with two attached hydrogens (primary N) is 1. The number of nitrogens with one attached hydrogen (secondary N) is 1. The van der Waals surface area contributed by atoms with Crippen LogP contribution in [0, 0.1) is 0 Å². The van der Waals surface area contributed by atoms with Crippen LogP contribution in [0.5, 0.6) is 0 Å². The van der Waals surface area contributed by atoms with Gasteiger partial charge in [-0.05, 0) is 31.0 Å². The minimum absolute atomic E-state index is 0.104. The zero-order valence-corrected chi connectivity index (χ0v) is 12.3. The monoisotopic (exact) mass is 300 g/mol. The predicted molar refractivity (Wildman–Crippen MR) is 77.3 cm³/mol. The summed E-state index contributed by atoms with van der Waals surface area (Å²) in [6.45, 7) is 2.28. The first-order valence-electron chi connectivity index (χ1n) is 6.40. The fraction of sp³-hybridized carbons (Fsp3) is 0.462. The second kappa shape index (κ2) is 7.86. The number of esters is 1. The Hall–Kier alpha value is -1.60. The van der Waals surface area contributed by atoms with Crippen molar-refractivity contribution in [2.24, 2.45) is 0 Å². The van der Waals surface area contributed by atoms with Crippen LogP contribution in [0.3, 0.4) is 0 Å². The summed E-state index contributed by atoms with van der Waals surface area (Å²) in [5, 5.41) is 0. The molecule has 7 heteroatoms. The van der Waals surface area contributed by atoms with Crippen LogP contribution in [0.1, 0.15) is 25.3 Å². The van der Waals surface area contributed by atoms with Crippen molar-refractivity contribution >= 4 is 21.7 Å². The highest BCUT2D eigenvalue weighted by atomic mass is 32.2. The summed E-state index contributed by atoms with van der Waals surface area (Å²) in [6.07, 6.45) is 0.623. The minimum atomic E-state index is -3.40. The molecule has 0 spiro atoms. The van der Waals surface area contributed by atoms with E-state index in [0.717, 1.165) is 0 Å². The molecule has 3 N–H and O–H groups in total. The molecule has 1 aromatic rings. The Kier molecular flexibility index (Phi) is 6.47. The molecule has 0 aliphatic heterocycles. The number of rotatable bonds is 8. The summed E-state index contributed by atoms with van der Waals surface area (Å²) in [7, 11) is -3.40. The van der Waals surface area contributed by atoms with Gasteiger partial charge in [0.2, 0.25) is 10.0 Å². The van der Waals surface area contributed by atoms with Gasteiger partial charge in [0.05, 0.1) is 12.4 Å². The fourth-order valence-corrected chi connectivity index (χ4v) is 2.77. The van der Waals surface area contributed by atoms with Crippen molar-refractivity contribution in [3.63, 3.8) is 0 Å². The Bertz CT molecular complexity index is 526. The van der Waals surface area contributed by atoms with Gasteiger partial charge in [0, 0.05) is 18.7 Å². The van der Waals surface area contributed by atoms with Crippen LogP contribution in [-0.4, -0.2) is 27.5 Å². The van der Waals surface area contributed by atoms with Crippen LogP contribution in [0.2, 0.25) is 0 Å². The van der Waals surface area contributed by atoms with Crippen molar-refractivity contribution < 1.29 is 17.9 Å². The Morgan fingerprint density at radius 3 is 2.55 bits per heavy atom. The van der Waals surface area contributed by atoms with Gasteiger partial charge in [-0.15, -0.1) is 0 Å². The first kappa shape index (κ1) is 16.5. The van der Waals surface area contributed by atoms with Gasteiger partial charge in [-0.3, -0.25) is 4.79 Å². The number of carbonyl (C=O) groups is 1. The Morgan fingerprint density at radius 2 is 1.95 bits per heavy atom. The molecule has 20 heavy (non-hydrogen) atoms. The zero-order chi connectivity index (χ0) is 15.0. The van der Waals surface area contributed by atoms with Crippen molar-refractivity contribution in [2.45, 2.75) is 25.5 Å². The molecular formula is C13H20N2O4S. The van der Waals surface area contributed by atoms with E-state index in [0.29, 0.717) is 24.3 Å². The maximum atomic E-state index is 11.8. The highest BCUT2D eigenvalue weighted by molar-refractivity contribution is 7.88. The minimum Gasteiger partial charge on any atom is -0.466 e. The van der Waals surface area contributed by atoms with Crippen molar-refractivity contribution in [1.82, 2.24) is 4.72 Å². The van der Waals surface area contributed by atoms with Crippen molar-refractivity contribution in [3.8, 4) is 0 Å². The van der Waals surface area contributed by atoms with Gasteiger partial charge in [0.15, 0.2) is 0 Å². The number of carbonyl (C=O) groups excluding carboxylic acids is 1. The molecule has 0 aliphatic rings. The maximum Gasteiger partial charge on any atom is 0.305 e. The van der Waals surface area contributed by atoms with Crippen LogP contribution in [0.4, 0.5) is 5.69 Å². The normalized spacial score (nSPS) is 11.2. The van der Waals surface area contributed by atoms with E-state index in [4.69, 9.17) is 10.5 Å². The number of hydrogen-bond acceptors (Lipinski definition) is 5. The molecule has 0 aromatic heterocycles. The lowest BCUT2D eigenvalue weighted by Gasteiger charge is -2.07. The van der Waals surface area contributed by atoms with Gasteiger partial charge >= 0.3 is 5.97 Å². The van der Waals surface area contributed by atoms with Crippen LogP contribution in [0.15, 0.2) is 24.3 Å². The molecule has 0 fully saturated rings. The van der Waals surface area contributed by atoms with Gasteiger partial charge in [0.25, 0.3) is 0 Å². The molecule has 1 aromatic carbocycles. The number of anilines is 1. The number of ether oxygens (including phenoxy) is 1. The average Bonchev–Trinajstić information content (AvgIpc) is 2.38. The SMILES string of the molecule is CCOC(=O)CCCNS(=O)(=O)Cc1ccc(N)cc1. The number of sulfonamides is 1. The summed E-state index contributed by atoms with van der Waals surface area (Å²) >= 11 is 0. The first-order chi connectivity index (χ1) is 9.43. The van der Waals surface area contributed by atoms with Crippen molar-refractivity contribution in [1.29, 1.82) is 0 Å². The van der Waals surface area contributed by atoms with Crippen LogP contribution < -0.4 is 10.5 Å². The first-order valence-corrected chi connectivity index (χ1v) is 8.05. The standard InChI is InChI=1S/C13H20N2O4S/c1-2-19-13(16)4-3-9-15-20(17,18)10-11-5-7-12(14)8-6-11/h5-8,15H,2-4,9-10,14H2,1H3. The Balaban J connectivity index is 2.35. The third-order valence-corrected chi connectivity index (χ3v) is 3.88. The molecular weight excluding hydrogens is 280 g/mol. The van der Waals surface area contributed by atoms with Crippen LogP contribution in [0.25, 0.3) is 0 Å². The number of benzene rings is 1. The van der Waals surface area contributed by atoms with E-state index >= 15 is 0 Å². The number of hydrogen-bond donors (Lipinski definition) is 2. The third-order valence-electron chi connectivity index (χ3n) is 2.52. The summed E-state index contributed by atoms with van der Waals surface area (Å²) in [5.41, 5.74) is 6.79. The van der Waals surface area contributed by atoms with Crippen molar-refractivity contribution in [2.75, 3.05) is 18.9 Å². The van der Waals surface area contributed by atoms with Gasteiger partial charge in [-0.25, -0.2) is 13.1 Å². The summed E-state index contributed by atoms with van der Waals surface area (Å²) in [5.74, 6) is -0.419. The van der Waals surface area contributed by atoms with E-state index in [1.807, 2.05) is 0 Å². The zero-order valence-electron chi connectivity index (χ0n) is 11.5. The molecule has 1 rings (SSSR count). The highest BCUT2D eigenvalue weighted by Crippen LogP contribution is 2.08. The molecule has 112 valence electrons. The smallest absolute Gasteiger partial charge is 0.305 e. The second-order valence-electron chi connectivity index (χ2n) is 4.30. The van der Waals surface area contributed by atoms with Gasteiger partial charge in [-0.1, -0.05) is 12.1 Å². The lowest BCUT2D eigenvalue weighted by Crippen LogP contribution is -2.26. The molecule has 0 radical (unpaired) electrons. The van der Waals surface area contributed by atoms with E-state index in [2.05, 4.69) is 4.72 Å². The topological polar surface area (TPSA) is 98.5 Å². The molecule has 0 amide bonds. The van der Waals surface area contributed by atoms with E-state index in [9.17, 15) is 13.2 Å². The molecule has 0 saturated carbocycles. The second-order valence-corrected chi connectivity index (χ2v) is 6.11. The Morgan fingerprint density at radius 1 is 1.30 bits per heavy atom. The van der Waals surface area contributed by atoms with Crippen LogP contribution >= 0.6 is 0 Å². The lowest BCUT2D eigenvalue weighted by atomic mass is 10.2. The average molecular weight is 300 g/mol. The fourth-order valence-electron chi connectivity index (χ4n) is 1.58. The molecule has 0 atom stereocenters. The van der Waals surface area contributed by atoms with Gasteiger partial charge < -0.3 is 10.5 Å². The quantitative estimate of drug-likeness (QED) is 0.424. The van der Waals surface area contributed by atoms with E-state index in [1.165, 1.54) is 0 Å². The van der Waals surface area contributed by atoms with E-state index in [-0.39, 0.29) is 24.7 Å². The van der Waals surface area contributed by atoms with Gasteiger partial charge in [0.1, 0.15) is 0 Å².